The number of methoxy groups -OCH3 is 1. The van der Waals surface area contributed by atoms with Crippen molar-refractivity contribution in [3.8, 4) is 5.75 Å². The molecule has 2 rings (SSSR count). The number of rotatable bonds is 5. The van der Waals surface area contributed by atoms with Gasteiger partial charge in [-0.1, -0.05) is 46.3 Å². The predicted octanol–water partition coefficient (Wildman–Crippen LogP) is 4.89. The topological polar surface area (TPSA) is 9.23 Å². The van der Waals surface area contributed by atoms with E-state index in [0.29, 0.717) is 0 Å². The number of benzene rings is 2. The van der Waals surface area contributed by atoms with Crippen LogP contribution in [-0.4, -0.2) is 7.11 Å². The average Bonchev–Trinajstić information content (AvgIpc) is 2.42. The second kappa shape index (κ2) is 6.86. The second-order valence-corrected chi connectivity index (χ2v) is 5.78. The summed E-state index contributed by atoms with van der Waals surface area (Å²) in [4.78, 5) is 0. The minimum atomic E-state index is 0.911. The Morgan fingerprint density at radius 3 is 2.56 bits per heavy atom. The maximum Gasteiger partial charge on any atom is 0.119 e. The van der Waals surface area contributed by atoms with Gasteiger partial charge in [0, 0.05) is 16.0 Å². The fraction of sp³-hybridized carbons (Fsp3) is 0.200. The van der Waals surface area contributed by atoms with Crippen molar-refractivity contribution in [2.24, 2.45) is 0 Å². The summed E-state index contributed by atoms with van der Waals surface area (Å²) in [5, 5.41) is 0. The van der Waals surface area contributed by atoms with Crippen LogP contribution in [0.25, 0.3) is 0 Å². The molecule has 0 aliphatic carbocycles. The lowest BCUT2D eigenvalue weighted by molar-refractivity contribution is 0.414. The molecule has 0 N–H and O–H groups in total. The van der Waals surface area contributed by atoms with Crippen molar-refractivity contribution < 1.29 is 4.74 Å². The molecule has 3 heteroatoms. The van der Waals surface area contributed by atoms with E-state index in [1.54, 1.807) is 7.11 Å². The lowest BCUT2D eigenvalue weighted by Crippen LogP contribution is -1.88. The Hall–Kier alpha value is -0.930. The van der Waals surface area contributed by atoms with Crippen LogP contribution in [0.4, 0.5) is 0 Å². The zero-order valence-electron chi connectivity index (χ0n) is 10.2. The molecule has 1 nitrogen and oxygen atoms in total. The Bertz CT molecular complexity index is 499. The normalized spacial score (nSPS) is 10.3. The molecule has 0 aliphatic rings. The van der Waals surface area contributed by atoms with Crippen LogP contribution in [0, 0.1) is 0 Å². The van der Waals surface area contributed by atoms with E-state index < -0.39 is 0 Å². The van der Waals surface area contributed by atoms with Crippen LogP contribution in [0.3, 0.4) is 0 Å². The Balaban J connectivity index is 1.94. The van der Waals surface area contributed by atoms with Gasteiger partial charge in [0.05, 0.1) is 7.11 Å². The summed E-state index contributed by atoms with van der Waals surface area (Å²) in [5.41, 5.74) is 2.64. The minimum Gasteiger partial charge on any atom is -0.497 e. The number of thioether (sulfide) groups is 1. The first kappa shape index (κ1) is 13.5. The van der Waals surface area contributed by atoms with Crippen LogP contribution in [-0.2, 0) is 11.5 Å². The van der Waals surface area contributed by atoms with Crippen LogP contribution >= 0.6 is 27.7 Å². The van der Waals surface area contributed by atoms with E-state index in [9.17, 15) is 0 Å². The van der Waals surface area contributed by atoms with E-state index in [0.717, 1.165) is 21.7 Å². The molecule has 2 aromatic carbocycles. The van der Waals surface area contributed by atoms with Crippen molar-refractivity contribution in [2.75, 3.05) is 7.11 Å². The minimum absolute atomic E-state index is 0.911. The first-order valence-corrected chi connectivity index (χ1v) is 7.68. The van der Waals surface area contributed by atoms with E-state index in [1.165, 1.54) is 11.1 Å². The predicted molar refractivity (Wildman–Crippen MR) is 82.1 cm³/mol. The maximum absolute atomic E-state index is 5.24. The van der Waals surface area contributed by atoms with Gasteiger partial charge in [-0.05, 0) is 29.3 Å². The molecule has 0 spiro atoms. The molecular formula is C15H15BrOS. The molecule has 0 saturated heterocycles. The lowest BCUT2D eigenvalue weighted by atomic mass is 10.2. The first-order valence-electron chi connectivity index (χ1n) is 5.73. The van der Waals surface area contributed by atoms with Gasteiger partial charge in [0.25, 0.3) is 0 Å². The summed E-state index contributed by atoms with van der Waals surface area (Å²) < 4.78 is 6.39. The number of hydrogen-bond acceptors (Lipinski definition) is 2. The number of hydrogen-bond donors (Lipinski definition) is 0. The van der Waals surface area contributed by atoms with Crippen molar-refractivity contribution in [1.82, 2.24) is 0 Å². The second-order valence-electron chi connectivity index (χ2n) is 3.94. The monoisotopic (exact) mass is 322 g/mol. The standard InChI is InChI=1S/C15H15BrOS/c1-17-14-7-8-15(16)13(9-14)11-18-10-12-5-3-2-4-6-12/h2-9H,10-11H2,1H3. The zero-order chi connectivity index (χ0) is 12.8. The van der Waals surface area contributed by atoms with Gasteiger partial charge in [-0.25, -0.2) is 0 Å². The largest absolute Gasteiger partial charge is 0.497 e. The van der Waals surface area contributed by atoms with Gasteiger partial charge in [0.1, 0.15) is 5.75 Å². The van der Waals surface area contributed by atoms with Crippen molar-refractivity contribution in [1.29, 1.82) is 0 Å². The highest BCUT2D eigenvalue weighted by Gasteiger charge is 2.02. The Labute approximate surface area is 121 Å². The van der Waals surface area contributed by atoms with E-state index in [1.807, 2.05) is 30.0 Å². The molecule has 0 heterocycles. The highest BCUT2D eigenvalue weighted by molar-refractivity contribution is 9.10. The summed E-state index contributed by atoms with van der Waals surface area (Å²) in [5.74, 6) is 2.92. The number of ether oxygens (including phenoxy) is 1. The third kappa shape index (κ3) is 3.79. The van der Waals surface area contributed by atoms with Crippen LogP contribution in [0.1, 0.15) is 11.1 Å². The highest BCUT2D eigenvalue weighted by atomic mass is 79.9. The molecule has 0 aliphatic heterocycles. The molecule has 0 fully saturated rings. The van der Waals surface area contributed by atoms with E-state index in [4.69, 9.17) is 4.74 Å². The number of halogens is 1. The SMILES string of the molecule is COc1ccc(Br)c(CSCc2ccccc2)c1. The van der Waals surface area contributed by atoms with Crippen molar-refractivity contribution in [2.45, 2.75) is 11.5 Å². The Kier molecular flexibility index (Phi) is 5.14. The smallest absolute Gasteiger partial charge is 0.119 e. The summed E-state index contributed by atoms with van der Waals surface area (Å²) in [7, 11) is 1.70. The Morgan fingerprint density at radius 2 is 1.83 bits per heavy atom. The first-order chi connectivity index (χ1) is 8.79. The summed E-state index contributed by atoms with van der Waals surface area (Å²) in [6.07, 6.45) is 0. The summed E-state index contributed by atoms with van der Waals surface area (Å²) >= 11 is 5.48. The van der Waals surface area contributed by atoms with Gasteiger partial charge in [0.2, 0.25) is 0 Å². The van der Waals surface area contributed by atoms with Crippen molar-refractivity contribution in [3.63, 3.8) is 0 Å². The molecular weight excluding hydrogens is 308 g/mol. The maximum atomic E-state index is 5.24. The fourth-order valence-corrected chi connectivity index (χ4v) is 3.20. The van der Waals surface area contributed by atoms with Gasteiger partial charge in [-0.15, -0.1) is 0 Å². The molecule has 0 bridgehead atoms. The molecule has 18 heavy (non-hydrogen) atoms. The van der Waals surface area contributed by atoms with Crippen LogP contribution < -0.4 is 4.74 Å². The van der Waals surface area contributed by atoms with E-state index >= 15 is 0 Å². The fourth-order valence-electron chi connectivity index (χ4n) is 1.64. The summed E-state index contributed by atoms with van der Waals surface area (Å²) in [6, 6.07) is 16.6. The molecule has 0 unspecified atom stereocenters. The molecule has 0 radical (unpaired) electrons. The Morgan fingerprint density at radius 1 is 1.06 bits per heavy atom. The van der Waals surface area contributed by atoms with Crippen LogP contribution in [0.5, 0.6) is 5.75 Å². The van der Waals surface area contributed by atoms with Crippen molar-refractivity contribution >= 4 is 27.7 Å². The van der Waals surface area contributed by atoms with Gasteiger partial charge < -0.3 is 4.74 Å². The van der Waals surface area contributed by atoms with Gasteiger partial charge in [0.15, 0.2) is 0 Å². The molecule has 0 aromatic heterocycles. The van der Waals surface area contributed by atoms with E-state index in [2.05, 4.69) is 46.3 Å². The molecule has 0 saturated carbocycles. The lowest BCUT2D eigenvalue weighted by Gasteiger charge is -2.07. The molecule has 94 valence electrons. The third-order valence-electron chi connectivity index (χ3n) is 2.62. The highest BCUT2D eigenvalue weighted by Crippen LogP contribution is 2.27. The van der Waals surface area contributed by atoms with Crippen molar-refractivity contribution in [3.05, 3.63) is 64.1 Å². The van der Waals surface area contributed by atoms with Gasteiger partial charge in [-0.2, -0.15) is 11.8 Å². The van der Waals surface area contributed by atoms with Crippen LogP contribution in [0.15, 0.2) is 53.0 Å². The third-order valence-corrected chi connectivity index (χ3v) is 4.45. The van der Waals surface area contributed by atoms with Crippen LogP contribution in [0.2, 0.25) is 0 Å². The molecule has 2 aromatic rings. The van der Waals surface area contributed by atoms with Gasteiger partial charge >= 0.3 is 0 Å². The average molecular weight is 323 g/mol. The quantitative estimate of drug-likeness (QED) is 0.775. The van der Waals surface area contributed by atoms with E-state index in [-0.39, 0.29) is 0 Å². The summed E-state index contributed by atoms with van der Waals surface area (Å²) in [6.45, 7) is 0. The van der Waals surface area contributed by atoms with Gasteiger partial charge in [-0.3, -0.25) is 0 Å². The molecule has 0 atom stereocenters. The zero-order valence-corrected chi connectivity index (χ0v) is 12.6. The molecule has 0 amide bonds.